The van der Waals surface area contributed by atoms with Crippen LogP contribution in [0.15, 0.2) is 27.2 Å². The lowest BCUT2D eigenvalue weighted by Crippen LogP contribution is -2.48. The van der Waals surface area contributed by atoms with Crippen LogP contribution >= 0.6 is 24.8 Å². The number of halogens is 2. The number of hydrogen-bond acceptors (Lipinski definition) is 5. The summed E-state index contributed by atoms with van der Waals surface area (Å²) < 4.78 is 10.9. The number of piperidine rings is 1. The Balaban J connectivity index is 0.00000144. The molecule has 3 heterocycles. The first-order chi connectivity index (χ1) is 10.7. The predicted octanol–water partition coefficient (Wildman–Crippen LogP) is 2.97. The van der Waals surface area contributed by atoms with Crippen molar-refractivity contribution in [1.29, 1.82) is 0 Å². The molecule has 2 N–H and O–H groups in total. The molecule has 1 saturated heterocycles. The summed E-state index contributed by atoms with van der Waals surface area (Å²) in [5.41, 5.74) is 6.45. The van der Waals surface area contributed by atoms with Gasteiger partial charge in [-0.25, -0.2) is 4.98 Å². The number of nitrogens with two attached hydrogens (primary N) is 1. The second-order valence-corrected chi connectivity index (χ2v) is 5.65. The number of nitrogens with zero attached hydrogens (tertiary/aromatic N) is 2. The third-order valence-electron chi connectivity index (χ3n) is 4.16. The molecule has 3 rings (SSSR count). The first kappa shape index (κ1) is 20.5. The maximum atomic E-state index is 12.6. The van der Waals surface area contributed by atoms with Gasteiger partial charge in [-0.1, -0.05) is 0 Å². The monoisotopic (exact) mass is 375 g/mol. The summed E-state index contributed by atoms with van der Waals surface area (Å²) in [4.78, 5) is 18.8. The minimum absolute atomic E-state index is 0. The average molecular weight is 376 g/mol. The molecular formula is C16H23Cl2N3O3. The Kier molecular flexibility index (Phi) is 7.79. The minimum Gasteiger partial charge on any atom is -0.459 e. The summed E-state index contributed by atoms with van der Waals surface area (Å²) in [5, 5.41) is 0. The number of likely N-dealkylation sites (tertiary alicyclic amines) is 1. The van der Waals surface area contributed by atoms with Crippen molar-refractivity contribution in [2.75, 3.05) is 13.1 Å². The number of rotatable bonds is 4. The van der Waals surface area contributed by atoms with Crippen molar-refractivity contribution in [3.05, 3.63) is 29.9 Å². The van der Waals surface area contributed by atoms with E-state index in [1.165, 1.54) is 0 Å². The van der Waals surface area contributed by atoms with E-state index in [2.05, 4.69) is 4.98 Å². The average Bonchev–Trinajstić information content (AvgIpc) is 3.17. The lowest BCUT2D eigenvalue weighted by molar-refractivity contribution is -0.133. The number of hydrogen-bond donors (Lipinski definition) is 1. The molecule has 2 aromatic rings. The van der Waals surface area contributed by atoms with Gasteiger partial charge in [0.1, 0.15) is 5.76 Å². The highest BCUT2D eigenvalue weighted by molar-refractivity contribution is 5.85. The van der Waals surface area contributed by atoms with Gasteiger partial charge in [0.2, 0.25) is 5.91 Å². The second kappa shape index (κ2) is 9.11. The number of carbonyl (C=O) groups is 1. The van der Waals surface area contributed by atoms with Crippen LogP contribution in [0, 0.1) is 6.92 Å². The normalized spacial score (nSPS) is 17.1. The van der Waals surface area contributed by atoms with Crippen LogP contribution in [0.3, 0.4) is 0 Å². The smallest absolute Gasteiger partial charge is 0.263 e. The molecule has 134 valence electrons. The molecule has 1 atom stereocenters. The highest BCUT2D eigenvalue weighted by atomic mass is 35.5. The van der Waals surface area contributed by atoms with E-state index < -0.39 is 0 Å². The van der Waals surface area contributed by atoms with Crippen molar-refractivity contribution >= 4 is 30.7 Å². The molecule has 1 amide bonds. The van der Waals surface area contributed by atoms with Gasteiger partial charge >= 0.3 is 0 Å². The van der Waals surface area contributed by atoms with Crippen LogP contribution in [0.4, 0.5) is 0 Å². The zero-order chi connectivity index (χ0) is 15.5. The first-order valence-electron chi connectivity index (χ1n) is 7.68. The summed E-state index contributed by atoms with van der Waals surface area (Å²) in [5.74, 6) is 1.71. The molecule has 0 spiro atoms. The summed E-state index contributed by atoms with van der Waals surface area (Å²) >= 11 is 0. The Bertz CT molecular complexity index is 643. The van der Waals surface area contributed by atoms with Gasteiger partial charge in [-0.2, -0.15) is 0 Å². The van der Waals surface area contributed by atoms with E-state index in [4.69, 9.17) is 14.6 Å². The standard InChI is InChI=1S/C16H21N3O3.2ClH/c1-11-13(18-16(22-11)14-6-4-8-21-14)9-15(20)19-7-3-2-5-12(19)10-17;;/h4,6,8,12H,2-3,5,7,9-10,17H2,1H3;2*1H. The fraction of sp³-hybridized carbons (Fsp3) is 0.500. The van der Waals surface area contributed by atoms with Gasteiger partial charge in [-0.3, -0.25) is 4.79 Å². The van der Waals surface area contributed by atoms with Crippen LogP contribution in [0.1, 0.15) is 30.7 Å². The number of amides is 1. The maximum absolute atomic E-state index is 12.6. The van der Waals surface area contributed by atoms with Crippen LogP contribution in [-0.4, -0.2) is 34.9 Å². The van der Waals surface area contributed by atoms with Crippen molar-refractivity contribution in [2.45, 2.75) is 38.6 Å². The molecule has 0 aromatic carbocycles. The van der Waals surface area contributed by atoms with Gasteiger partial charge in [0, 0.05) is 19.1 Å². The maximum Gasteiger partial charge on any atom is 0.263 e. The Morgan fingerprint density at radius 3 is 2.88 bits per heavy atom. The van der Waals surface area contributed by atoms with E-state index in [0.717, 1.165) is 25.8 Å². The van der Waals surface area contributed by atoms with Gasteiger partial charge in [0.15, 0.2) is 5.76 Å². The quantitative estimate of drug-likeness (QED) is 0.887. The van der Waals surface area contributed by atoms with Crippen molar-refractivity contribution in [1.82, 2.24) is 9.88 Å². The molecule has 0 bridgehead atoms. The van der Waals surface area contributed by atoms with Crippen molar-refractivity contribution in [3.8, 4) is 11.7 Å². The van der Waals surface area contributed by atoms with E-state index in [0.29, 0.717) is 29.6 Å². The minimum atomic E-state index is 0. The van der Waals surface area contributed by atoms with E-state index in [9.17, 15) is 4.79 Å². The lowest BCUT2D eigenvalue weighted by Gasteiger charge is -2.35. The molecular weight excluding hydrogens is 353 g/mol. The van der Waals surface area contributed by atoms with E-state index in [1.54, 1.807) is 18.4 Å². The van der Waals surface area contributed by atoms with Crippen LogP contribution in [0.2, 0.25) is 0 Å². The third kappa shape index (κ3) is 4.32. The predicted molar refractivity (Wildman–Crippen MR) is 95.5 cm³/mol. The molecule has 8 heteroatoms. The van der Waals surface area contributed by atoms with Crippen LogP contribution in [0.5, 0.6) is 0 Å². The Morgan fingerprint density at radius 2 is 2.21 bits per heavy atom. The topological polar surface area (TPSA) is 85.5 Å². The Morgan fingerprint density at radius 1 is 1.42 bits per heavy atom. The van der Waals surface area contributed by atoms with Crippen LogP contribution in [-0.2, 0) is 11.2 Å². The number of oxazole rings is 1. The number of furan rings is 1. The van der Waals surface area contributed by atoms with Gasteiger partial charge < -0.3 is 19.5 Å². The molecule has 1 fully saturated rings. The zero-order valence-corrected chi connectivity index (χ0v) is 15.2. The summed E-state index contributed by atoms with van der Waals surface area (Å²) in [6.07, 6.45) is 4.97. The molecule has 1 aliphatic heterocycles. The summed E-state index contributed by atoms with van der Waals surface area (Å²) in [7, 11) is 0. The molecule has 1 aliphatic rings. The highest BCUT2D eigenvalue weighted by Gasteiger charge is 2.27. The number of carbonyl (C=O) groups excluding carboxylic acids is 1. The largest absolute Gasteiger partial charge is 0.459 e. The molecule has 2 aromatic heterocycles. The van der Waals surface area contributed by atoms with Crippen molar-refractivity contribution in [3.63, 3.8) is 0 Å². The highest BCUT2D eigenvalue weighted by Crippen LogP contribution is 2.23. The SMILES string of the molecule is Cc1oc(-c2ccco2)nc1CC(=O)N1CCCCC1CN.Cl.Cl. The molecule has 0 radical (unpaired) electrons. The lowest BCUT2D eigenvalue weighted by atomic mass is 10.0. The molecule has 6 nitrogen and oxygen atoms in total. The summed E-state index contributed by atoms with van der Waals surface area (Å²) in [6, 6.07) is 3.71. The zero-order valence-electron chi connectivity index (χ0n) is 13.6. The Hall–Kier alpha value is -1.50. The number of aryl methyl sites for hydroxylation is 1. The first-order valence-corrected chi connectivity index (χ1v) is 7.68. The number of aromatic nitrogens is 1. The van der Waals surface area contributed by atoms with Gasteiger partial charge in [-0.15, -0.1) is 24.8 Å². The van der Waals surface area contributed by atoms with Crippen LogP contribution in [0.25, 0.3) is 11.7 Å². The Labute approximate surface area is 153 Å². The summed E-state index contributed by atoms with van der Waals surface area (Å²) in [6.45, 7) is 3.11. The van der Waals surface area contributed by atoms with Gasteiger partial charge in [0.05, 0.1) is 18.4 Å². The van der Waals surface area contributed by atoms with Gasteiger partial charge in [0.25, 0.3) is 5.89 Å². The molecule has 0 saturated carbocycles. The van der Waals surface area contributed by atoms with E-state index >= 15 is 0 Å². The third-order valence-corrected chi connectivity index (χ3v) is 4.16. The van der Waals surface area contributed by atoms with Gasteiger partial charge in [-0.05, 0) is 38.3 Å². The fourth-order valence-electron chi connectivity index (χ4n) is 2.92. The molecule has 0 aliphatic carbocycles. The van der Waals surface area contributed by atoms with Crippen LogP contribution < -0.4 is 5.73 Å². The van der Waals surface area contributed by atoms with E-state index in [1.807, 2.05) is 11.8 Å². The second-order valence-electron chi connectivity index (χ2n) is 5.65. The van der Waals surface area contributed by atoms with Crippen molar-refractivity contribution in [2.24, 2.45) is 5.73 Å². The fourth-order valence-corrected chi connectivity index (χ4v) is 2.92. The van der Waals surface area contributed by atoms with E-state index in [-0.39, 0.29) is 43.2 Å². The molecule has 24 heavy (non-hydrogen) atoms. The van der Waals surface area contributed by atoms with Crippen molar-refractivity contribution < 1.29 is 13.6 Å². The molecule has 1 unspecified atom stereocenters.